The molecule has 1 aromatic carbocycles. The van der Waals surface area contributed by atoms with E-state index < -0.39 is 0 Å². The third kappa shape index (κ3) is 4.73. The van der Waals surface area contributed by atoms with Gasteiger partial charge in [-0.1, -0.05) is 28.9 Å². The van der Waals surface area contributed by atoms with Crippen LogP contribution in [0.3, 0.4) is 0 Å². The summed E-state index contributed by atoms with van der Waals surface area (Å²) < 4.78 is 12.1. The van der Waals surface area contributed by atoms with Crippen molar-refractivity contribution in [3.8, 4) is 5.75 Å². The summed E-state index contributed by atoms with van der Waals surface area (Å²) in [5, 5.41) is 3.34. The molecular formula is C15H18BrNO2. The molecule has 102 valence electrons. The Kier molecular flexibility index (Phi) is 5.48. The number of halogens is 1. The van der Waals surface area contributed by atoms with E-state index in [0.29, 0.717) is 6.61 Å². The summed E-state index contributed by atoms with van der Waals surface area (Å²) in [7, 11) is 0. The van der Waals surface area contributed by atoms with E-state index in [2.05, 4.69) is 28.2 Å². The zero-order valence-electron chi connectivity index (χ0n) is 11.0. The lowest BCUT2D eigenvalue weighted by atomic mass is 10.3. The van der Waals surface area contributed by atoms with E-state index in [1.165, 1.54) is 0 Å². The summed E-state index contributed by atoms with van der Waals surface area (Å²) >= 11 is 3.42. The third-order valence-corrected chi connectivity index (χ3v) is 3.13. The molecule has 3 nitrogen and oxygen atoms in total. The van der Waals surface area contributed by atoms with E-state index in [1.807, 2.05) is 30.3 Å². The first kappa shape index (κ1) is 14.2. The summed E-state index contributed by atoms with van der Waals surface area (Å²) in [5.74, 6) is 1.67. The van der Waals surface area contributed by atoms with Crippen LogP contribution in [-0.4, -0.2) is 6.54 Å². The summed E-state index contributed by atoms with van der Waals surface area (Å²) in [6, 6.07) is 9.81. The summed E-state index contributed by atoms with van der Waals surface area (Å²) in [6.07, 6.45) is 2.92. The molecule has 0 unspecified atom stereocenters. The Bertz CT molecular complexity index is 510. The van der Waals surface area contributed by atoms with E-state index in [0.717, 1.165) is 41.1 Å². The molecule has 0 atom stereocenters. The highest BCUT2D eigenvalue weighted by molar-refractivity contribution is 9.10. The quantitative estimate of drug-likeness (QED) is 0.778. The normalized spacial score (nSPS) is 10.6. The molecule has 0 amide bonds. The van der Waals surface area contributed by atoms with E-state index >= 15 is 0 Å². The number of furan rings is 1. The van der Waals surface area contributed by atoms with Gasteiger partial charge in [0.2, 0.25) is 0 Å². The van der Waals surface area contributed by atoms with Gasteiger partial charge in [-0.3, -0.25) is 0 Å². The second-order valence-electron chi connectivity index (χ2n) is 4.34. The minimum absolute atomic E-state index is 0.449. The Labute approximate surface area is 122 Å². The van der Waals surface area contributed by atoms with Crippen LogP contribution in [0.25, 0.3) is 0 Å². The van der Waals surface area contributed by atoms with Crippen molar-refractivity contribution in [3.05, 3.63) is 52.4 Å². The molecule has 1 aromatic heterocycles. The highest BCUT2D eigenvalue weighted by Crippen LogP contribution is 2.19. The first-order chi connectivity index (χ1) is 9.28. The Morgan fingerprint density at radius 2 is 2.21 bits per heavy atom. The Hall–Kier alpha value is -1.26. The van der Waals surface area contributed by atoms with Crippen molar-refractivity contribution < 1.29 is 9.15 Å². The van der Waals surface area contributed by atoms with Gasteiger partial charge in [0.15, 0.2) is 0 Å². The summed E-state index contributed by atoms with van der Waals surface area (Å²) in [4.78, 5) is 0. The number of hydrogen-bond donors (Lipinski definition) is 1. The van der Waals surface area contributed by atoms with Gasteiger partial charge in [0, 0.05) is 16.6 Å². The SMILES string of the molecule is CCCNCc1coc(COc2cccc(Br)c2)c1. The predicted molar refractivity (Wildman–Crippen MR) is 79.2 cm³/mol. The van der Waals surface area contributed by atoms with Crippen LogP contribution in [0.4, 0.5) is 0 Å². The van der Waals surface area contributed by atoms with Gasteiger partial charge in [-0.05, 0) is 37.2 Å². The molecule has 19 heavy (non-hydrogen) atoms. The molecule has 0 aliphatic rings. The smallest absolute Gasteiger partial charge is 0.146 e. The van der Waals surface area contributed by atoms with Crippen molar-refractivity contribution >= 4 is 15.9 Å². The van der Waals surface area contributed by atoms with Gasteiger partial charge in [0.05, 0.1) is 6.26 Å². The van der Waals surface area contributed by atoms with Crippen molar-refractivity contribution in [1.82, 2.24) is 5.32 Å². The van der Waals surface area contributed by atoms with Gasteiger partial charge in [0.1, 0.15) is 18.1 Å². The number of nitrogens with one attached hydrogen (secondary N) is 1. The van der Waals surface area contributed by atoms with Crippen LogP contribution in [0.1, 0.15) is 24.7 Å². The van der Waals surface area contributed by atoms with Crippen molar-refractivity contribution in [2.24, 2.45) is 0 Å². The molecule has 2 aromatic rings. The summed E-state index contributed by atoms with van der Waals surface area (Å²) in [5.41, 5.74) is 1.15. The van der Waals surface area contributed by atoms with Crippen molar-refractivity contribution in [1.29, 1.82) is 0 Å². The molecule has 0 aliphatic carbocycles. The van der Waals surface area contributed by atoms with Crippen molar-refractivity contribution in [2.75, 3.05) is 6.54 Å². The van der Waals surface area contributed by atoms with Gasteiger partial charge in [-0.15, -0.1) is 0 Å². The lowest BCUT2D eigenvalue weighted by molar-refractivity contribution is 0.270. The van der Waals surface area contributed by atoms with Crippen LogP contribution in [-0.2, 0) is 13.2 Å². The highest BCUT2D eigenvalue weighted by atomic mass is 79.9. The number of benzene rings is 1. The van der Waals surface area contributed by atoms with Crippen LogP contribution >= 0.6 is 15.9 Å². The average Bonchev–Trinajstić information content (AvgIpc) is 2.85. The molecule has 0 fully saturated rings. The van der Waals surface area contributed by atoms with E-state index in [-0.39, 0.29) is 0 Å². The molecule has 0 saturated carbocycles. The lowest BCUT2D eigenvalue weighted by Crippen LogP contribution is -2.13. The minimum Gasteiger partial charge on any atom is -0.486 e. The first-order valence-corrected chi connectivity index (χ1v) is 7.22. The highest BCUT2D eigenvalue weighted by Gasteiger charge is 2.03. The Morgan fingerprint density at radius 3 is 3.00 bits per heavy atom. The fourth-order valence-corrected chi connectivity index (χ4v) is 2.09. The summed E-state index contributed by atoms with van der Waals surface area (Å²) in [6.45, 7) is 4.47. The largest absolute Gasteiger partial charge is 0.486 e. The fraction of sp³-hybridized carbons (Fsp3) is 0.333. The molecule has 1 N–H and O–H groups in total. The van der Waals surface area contributed by atoms with Crippen molar-refractivity contribution in [3.63, 3.8) is 0 Å². The van der Waals surface area contributed by atoms with Gasteiger partial charge in [-0.2, -0.15) is 0 Å². The molecule has 4 heteroatoms. The first-order valence-electron chi connectivity index (χ1n) is 6.43. The van der Waals surface area contributed by atoms with Crippen LogP contribution in [0, 0.1) is 0 Å². The third-order valence-electron chi connectivity index (χ3n) is 2.64. The van der Waals surface area contributed by atoms with Crippen LogP contribution in [0.5, 0.6) is 5.75 Å². The second kappa shape index (κ2) is 7.36. The van der Waals surface area contributed by atoms with Gasteiger partial charge in [-0.25, -0.2) is 0 Å². The molecular weight excluding hydrogens is 306 g/mol. The standard InChI is InChI=1S/C15H18BrNO2/c1-2-6-17-9-12-7-15(18-10-12)11-19-14-5-3-4-13(16)8-14/h3-5,7-8,10,17H,2,6,9,11H2,1H3. The van der Waals surface area contributed by atoms with Gasteiger partial charge >= 0.3 is 0 Å². The van der Waals surface area contributed by atoms with Crippen LogP contribution < -0.4 is 10.1 Å². The molecule has 0 bridgehead atoms. The molecule has 0 spiro atoms. The van der Waals surface area contributed by atoms with E-state index in [1.54, 1.807) is 6.26 Å². The lowest BCUT2D eigenvalue weighted by Gasteiger charge is -2.03. The number of ether oxygens (including phenoxy) is 1. The van der Waals surface area contributed by atoms with E-state index in [9.17, 15) is 0 Å². The van der Waals surface area contributed by atoms with Crippen LogP contribution in [0.15, 0.2) is 45.5 Å². The van der Waals surface area contributed by atoms with Crippen LogP contribution in [0.2, 0.25) is 0 Å². The maximum Gasteiger partial charge on any atom is 0.146 e. The number of rotatable bonds is 7. The minimum atomic E-state index is 0.449. The van der Waals surface area contributed by atoms with Crippen molar-refractivity contribution in [2.45, 2.75) is 26.5 Å². The molecule has 0 saturated heterocycles. The zero-order chi connectivity index (χ0) is 13.5. The maximum atomic E-state index is 5.67. The molecule has 2 rings (SSSR count). The topological polar surface area (TPSA) is 34.4 Å². The fourth-order valence-electron chi connectivity index (χ4n) is 1.72. The molecule has 0 radical (unpaired) electrons. The maximum absolute atomic E-state index is 5.67. The predicted octanol–water partition coefficient (Wildman–Crippen LogP) is 4.12. The monoisotopic (exact) mass is 323 g/mol. The van der Waals surface area contributed by atoms with Gasteiger partial charge < -0.3 is 14.5 Å². The molecule has 0 aliphatic heterocycles. The Morgan fingerprint density at radius 1 is 1.32 bits per heavy atom. The van der Waals surface area contributed by atoms with E-state index in [4.69, 9.17) is 9.15 Å². The number of hydrogen-bond acceptors (Lipinski definition) is 3. The van der Waals surface area contributed by atoms with Gasteiger partial charge in [0.25, 0.3) is 0 Å². The zero-order valence-corrected chi connectivity index (χ0v) is 12.6. The molecule has 1 heterocycles. The average molecular weight is 324 g/mol. The Balaban J connectivity index is 1.83. The second-order valence-corrected chi connectivity index (χ2v) is 5.26.